The predicted molar refractivity (Wildman–Crippen MR) is 92.4 cm³/mol. The van der Waals surface area contributed by atoms with Crippen molar-refractivity contribution in [1.82, 2.24) is 0 Å². The van der Waals surface area contributed by atoms with Crippen LogP contribution in [0.4, 0.5) is 17.6 Å². The number of hydrogen-bond donors (Lipinski definition) is 0. The molecular weight excluding hydrogens is 344 g/mol. The van der Waals surface area contributed by atoms with Crippen molar-refractivity contribution in [2.75, 3.05) is 0 Å². The Kier molecular flexibility index (Phi) is 5.26. The number of rotatable bonds is 4. The minimum absolute atomic E-state index is 0.0318. The molecule has 2 aromatic rings. The van der Waals surface area contributed by atoms with Gasteiger partial charge in [0.2, 0.25) is 5.82 Å². The molecule has 0 heterocycles. The van der Waals surface area contributed by atoms with Gasteiger partial charge in [0.05, 0.1) is 5.56 Å². The maximum atomic E-state index is 14.4. The van der Waals surface area contributed by atoms with Crippen LogP contribution in [0.2, 0.25) is 0 Å². The van der Waals surface area contributed by atoms with Crippen LogP contribution in [0.1, 0.15) is 55.2 Å². The average Bonchev–Trinajstić information content (AvgIpc) is 2.63. The van der Waals surface area contributed by atoms with E-state index in [1.165, 1.54) is 25.1 Å². The van der Waals surface area contributed by atoms with Gasteiger partial charge in [0, 0.05) is 0 Å². The van der Waals surface area contributed by atoms with Gasteiger partial charge in [-0.05, 0) is 60.9 Å². The fraction of sp³-hybridized carbons (Fsp3) is 0.429. The van der Waals surface area contributed by atoms with Crippen LogP contribution in [0.15, 0.2) is 36.4 Å². The van der Waals surface area contributed by atoms with Gasteiger partial charge in [-0.2, -0.15) is 13.2 Å². The van der Waals surface area contributed by atoms with Gasteiger partial charge in [-0.15, -0.1) is 0 Å². The molecule has 26 heavy (non-hydrogen) atoms. The Morgan fingerprint density at radius 1 is 0.885 bits per heavy atom. The van der Waals surface area contributed by atoms with Gasteiger partial charge in [-0.25, -0.2) is 4.39 Å². The maximum Gasteiger partial charge on any atom is 0.426 e. The minimum Gasteiger partial charge on any atom is -0.426 e. The molecule has 0 unspecified atom stereocenters. The molecule has 2 aromatic carbocycles. The Morgan fingerprint density at radius 3 is 2.12 bits per heavy atom. The summed E-state index contributed by atoms with van der Waals surface area (Å²) in [6.07, 6.45) is 0.651. The van der Waals surface area contributed by atoms with Gasteiger partial charge >= 0.3 is 6.11 Å². The van der Waals surface area contributed by atoms with Crippen molar-refractivity contribution in [2.24, 2.45) is 5.92 Å². The number of ether oxygens (including phenoxy) is 1. The first-order valence-electron chi connectivity index (χ1n) is 8.90. The summed E-state index contributed by atoms with van der Waals surface area (Å²) >= 11 is 0. The summed E-state index contributed by atoms with van der Waals surface area (Å²) in [7, 11) is 0. The van der Waals surface area contributed by atoms with E-state index in [1.54, 1.807) is 12.1 Å². The molecule has 0 atom stereocenters. The summed E-state index contributed by atoms with van der Waals surface area (Å²) in [6, 6.07) is 8.18. The normalized spacial score (nSPS) is 20.8. The van der Waals surface area contributed by atoms with Crippen molar-refractivity contribution >= 4 is 0 Å². The molecule has 1 nitrogen and oxygen atoms in total. The summed E-state index contributed by atoms with van der Waals surface area (Å²) in [5.74, 6) is -2.28. The fourth-order valence-electron chi connectivity index (χ4n) is 3.45. The lowest BCUT2D eigenvalue weighted by molar-refractivity contribution is -0.187. The second-order valence-corrected chi connectivity index (χ2v) is 7.21. The lowest BCUT2D eigenvalue weighted by Gasteiger charge is -2.27. The van der Waals surface area contributed by atoms with Crippen LogP contribution in [-0.4, -0.2) is 0 Å². The molecule has 0 aromatic heterocycles. The zero-order valence-electron chi connectivity index (χ0n) is 14.9. The highest BCUT2D eigenvalue weighted by atomic mass is 19.3. The van der Waals surface area contributed by atoms with Crippen LogP contribution in [-0.2, 0) is 6.11 Å². The van der Waals surface area contributed by atoms with E-state index >= 15 is 0 Å². The summed E-state index contributed by atoms with van der Waals surface area (Å²) in [5.41, 5.74) is 0.680. The molecule has 0 N–H and O–H groups in total. The van der Waals surface area contributed by atoms with E-state index in [0.29, 0.717) is 11.8 Å². The Balaban J connectivity index is 1.76. The van der Waals surface area contributed by atoms with Crippen LogP contribution >= 0.6 is 0 Å². The van der Waals surface area contributed by atoms with Crippen LogP contribution in [0.25, 0.3) is 0 Å². The summed E-state index contributed by atoms with van der Waals surface area (Å²) in [5, 5.41) is 0. The second-order valence-electron chi connectivity index (χ2n) is 7.21. The van der Waals surface area contributed by atoms with Gasteiger partial charge in [0.15, 0.2) is 11.6 Å². The topological polar surface area (TPSA) is 9.23 Å². The molecule has 0 radical (unpaired) electrons. The predicted octanol–water partition coefficient (Wildman–Crippen LogP) is 6.70. The van der Waals surface area contributed by atoms with Gasteiger partial charge in [-0.3, -0.25) is 0 Å². The molecule has 0 spiro atoms. The molecule has 5 heteroatoms. The number of alkyl halides is 2. The molecule has 1 fully saturated rings. The van der Waals surface area contributed by atoms with Gasteiger partial charge in [0.1, 0.15) is 0 Å². The molecule has 0 bridgehead atoms. The van der Waals surface area contributed by atoms with E-state index in [2.05, 4.69) is 11.7 Å². The molecule has 0 amide bonds. The Hall–Kier alpha value is -2.04. The van der Waals surface area contributed by atoms with E-state index < -0.39 is 23.5 Å². The maximum absolute atomic E-state index is 14.4. The van der Waals surface area contributed by atoms with Crippen LogP contribution in [0.3, 0.4) is 0 Å². The largest absolute Gasteiger partial charge is 0.426 e. The lowest BCUT2D eigenvalue weighted by atomic mass is 9.79. The average molecular weight is 366 g/mol. The van der Waals surface area contributed by atoms with Crippen molar-refractivity contribution in [3.05, 3.63) is 64.7 Å². The fourth-order valence-corrected chi connectivity index (χ4v) is 3.45. The summed E-state index contributed by atoms with van der Waals surface area (Å²) in [6.45, 7) is 3.58. The zero-order chi connectivity index (χ0) is 18.9. The first-order chi connectivity index (χ1) is 12.3. The first-order valence-corrected chi connectivity index (χ1v) is 8.90. The first kappa shape index (κ1) is 18.7. The molecule has 1 aliphatic rings. The number of hydrogen-bond acceptors (Lipinski definition) is 1. The Morgan fingerprint density at radius 2 is 1.50 bits per heavy atom. The molecule has 3 rings (SSSR count). The summed E-state index contributed by atoms with van der Waals surface area (Å²) in [4.78, 5) is 0. The quantitative estimate of drug-likeness (QED) is 0.547. The lowest BCUT2D eigenvalue weighted by Crippen LogP contribution is -2.23. The smallest absolute Gasteiger partial charge is 0.426 e. The van der Waals surface area contributed by atoms with Gasteiger partial charge < -0.3 is 4.74 Å². The summed E-state index contributed by atoms with van der Waals surface area (Å²) < 4.78 is 60.6. The van der Waals surface area contributed by atoms with Crippen molar-refractivity contribution in [2.45, 2.75) is 51.6 Å². The highest BCUT2D eigenvalue weighted by molar-refractivity contribution is 5.32. The molecule has 1 aliphatic carbocycles. The van der Waals surface area contributed by atoms with Gasteiger partial charge in [-0.1, -0.05) is 38.0 Å². The van der Waals surface area contributed by atoms with E-state index in [4.69, 9.17) is 0 Å². The van der Waals surface area contributed by atoms with E-state index in [9.17, 15) is 17.6 Å². The number of aryl methyl sites for hydroxylation is 1. The second kappa shape index (κ2) is 7.29. The third-order valence-electron chi connectivity index (χ3n) is 5.21. The van der Waals surface area contributed by atoms with Crippen LogP contribution < -0.4 is 4.74 Å². The van der Waals surface area contributed by atoms with Crippen molar-refractivity contribution in [1.29, 1.82) is 0 Å². The van der Waals surface area contributed by atoms with Crippen LogP contribution in [0.5, 0.6) is 5.75 Å². The number of halogens is 4. The van der Waals surface area contributed by atoms with E-state index in [1.807, 2.05) is 0 Å². The SMILES string of the molecule is Cc1ccc(OC(F)(F)c2ccc(C3CCC(C)CC3)cc2)c(F)c1F. The minimum atomic E-state index is -3.75. The molecular formula is C21H22F4O. The van der Waals surface area contributed by atoms with Crippen molar-refractivity contribution in [3.63, 3.8) is 0 Å². The molecule has 1 saturated carbocycles. The zero-order valence-corrected chi connectivity index (χ0v) is 14.9. The van der Waals surface area contributed by atoms with E-state index in [-0.39, 0.29) is 11.1 Å². The molecule has 0 saturated heterocycles. The van der Waals surface area contributed by atoms with Gasteiger partial charge in [0.25, 0.3) is 0 Å². The van der Waals surface area contributed by atoms with Crippen molar-refractivity contribution < 1.29 is 22.3 Å². The Labute approximate surface area is 151 Å². The van der Waals surface area contributed by atoms with E-state index in [0.717, 1.165) is 37.3 Å². The third kappa shape index (κ3) is 3.87. The third-order valence-corrected chi connectivity index (χ3v) is 5.21. The van der Waals surface area contributed by atoms with Crippen molar-refractivity contribution in [3.8, 4) is 5.75 Å². The highest BCUT2D eigenvalue weighted by Crippen LogP contribution is 2.38. The standard InChI is InChI=1S/C21H22F4O/c1-13-3-6-15(7-4-13)16-8-10-17(11-9-16)21(24,25)26-18-12-5-14(2)19(22)20(18)23/h5,8-13,15H,3-4,6-7H2,1-2H3. The highest BCUT2D eigenvalue weighted by Gasteiger charge is 2.36. The Bertz CT molecular complexity index is 762. The molecule has 140 valence electrons. The molecule has 0 aliphatic heterocycles. The number of benzene rings is 2. The monoisotopic (exact) mass is 366 g/mol. The van der Waals surface area contributed by atoms with Crippen LogP contribution in [0, 0.1) is 24.5 Å².